The van der Waals surface area contributed by atoms with E-state index < -0.39 is 15.4 Å². The van der Waals surface area contributed by atoms with Gasteiger partial charge in [0.1, 0.15) is 0 Å². The standard InChI is InChI=1S/C18H22N2O3S/c1-18(2,12-14-6-4-3-5-7-14)17(21)20-13-15-8-10-16(11-9-15)24(19,22)23/h3-11H,12-13H2,1-2H3,(H,20,21)(H2,19,22,23). The number of hydrogen-bond acceptors (Lipinski definition) is 3. The van der Waals surface area contributed by atoms with E-state index in [1.165, 1.54) is 12.1 Å². The van der Waals surface area contributed by atoms with E-state index in [0.717, 1.165) is 11.1 Å². The molecule has 128 valence electrons. The topological polar surface area (TPSA) is 89.3 Å². The molecule has 0 aromatic heterocycles. The second kappa shape index (κ2) is 7.15. The maximum absolute atomic E-state index is 12.4. The summed E-state index contributed by atoms with van der Waals surface area (Å²) in [4.78, 5) is 12.5. The molecule has 0 unspecified atom stereocenters. The lowest BCUT2D eigenvalue weighted by Crippen LogP contribution is -2.38. The SMILES string of the molecule is CC(C)(Cc1ccccc1)C(=O)NCc1ccc(S(N)(=O)=O)cc1. The van der Waals surface area contributed by atoms with Crippen molar-refractivity contribution in [2.45, 2.75) is 31.7 Å². The van der Waals surface area contributed by atoms with Gasteiger partial charge in [0.15, 0.2) is 0 Å². The highest BCUT2D eigenvalue weighted by Crippen LogP contribution is 2.22. The Kier molecular flexibility index (Phi) is 5.41. The minimum Gasteiger partial charge on any atom is -0.352 e. The van der Waals surface area contributed by atoms with Gasteiger partial charge in [-0.3, -0.25) is 4.79 Å². The van der Waals surface area contributed by atoms with Crippen molar-refractivity contribution in [2.24, 2.45) is 10.6 Å². The highest BCUT2D eigenvalue weighted by atomic mass is 32.2. The van der Waals surface area contributed by atoms with Gasteiger partial charge in [0, 0.05) is 12.0 Å². The maximum atomic E-state index is 12.4. The van der Waals surface area contributed by atoms with Crippen molar-refractivity contribution in [1.82, 2.24) is 5.32 Å². The van der Waals surface area contributed by atoms with Crippen molar-refractivity contribution < 1.29 is 13.2 Å². The number of nitrogens with two attached hydrogens (primary N) is 1. The Bertz CT molecular complexity index is 798. The van der Waals surface area contributed by atoms with E-state index in [1.807, 2.05) is 44.2 Å². The van der Waals surface area contributed by atoms with E-state index in [0.29, 0.717) is 13.0 Å². The van der Waals surface area contributed by atoms with Crippen molar-refractivity contribution in [3.8, 4) is 0 Å². The molecule has 0 bridgehead atoms. The summed E-state index contributed by atoms with van der Waals surface area (Å²) in [5.74, 6) is -0.0538. The summed E-state index contributed by atoms with van der Waals surface area (Å²) >= 11 is 0. The van der Waals surface area contributed by atoms with Gasteiger partial charge >= 0.3 is 0 Å². The van der Waals surface area contributed by atoms with Crippen LogP contribution in [0.25, 0.3) is 0 Å². The zero-order valence-electron chi connectivity index (χ0n) is 13.8. The zero-order valence-corrected chi connectivity index (χ0v) is 14.6. The zero-order chi connectivity index (χ0) is 17.8. The molecule has 0 saturated carbocycles. The number of rotatable bonds is 6. The van der Waals surface area contributed by atoms with Crippen LogP contribution in [-0.4, -0.2) is 14.3 Å². The van der Waals surface area contributed by atoms with Crippen molar-refractivity contribution >= 4 is 15.9 Å². The quantitative estimate of drug-likeness (QED) is 0.840. The normalized spacial score (nSPS) is 12.0. The van der Waals surface area contributed by atoms with Crippen LogP contribution in [0.4, 0.5) is 0 Å². The smallest absolute Gasteiger partial charge is 0.238 e. The first kappa shape index (κ1) is 18.2. The van der Waals surface area contributed by atoms with Gasteiger partial charge in [-0.15, -0.1) is 0 Å². The molecule has 0 saturated heterocycles. The minimum atomic E-state index is -3.70. The molecule has 0 aliphatic heterocycles. The van der Waals surface area contributed by atoms with Gasteiger partial charge in [-0.25, -0.2) is 13.6 Å². The number of sulfonamides is 1. The van der Waals surface area contributed by atoms with Crippen LogP contribution in [0.5, 0.6) is 0 Å². The molecule has 0 radical (unpaired) electrons. The average molecular weight is 346 g/mol. The van der Waals surface area contributed by atoms with Crippen LogP contribution < -0.4 is 10.5 Å². The van der Waals surface area contributed by atoms with E-state index in [2.05, 4.69) is 5.32 Å². The number of benzene rings is 2. The molecule has 0 fully saturated rings. The molecular formula is C18H22N2O3S. The maximum Gasteiger partial charge on any atom is 0.238 e. The highest BCUT2D eigenvalue weighted by molar-refractivity contribution is 7.89. The van der Waals surface area contributed by atoms with Crippen LogP contribution in [0.2, 0.25) is 0 Å². The summed E-state index contributed by atoms with van der Waals surface area (Å²) in [5.41, 5.74) is 1.38. The summed E-state index contributed by atoms with van der Waals surface area (Å²) < 4.78 is 22.4. The number of carbonyl (C=O) groups excluding carboxylic acids is 1. The van der Waals surface area contributed by atoms with Crippen LogP contribution in [-0.2, 0) is 27.8 Å². The summed E-state index contributed by atoms with van der Waals surface area (Å²) in [7, 11) is -3.70. The van der Waals surface area contributed by atoms with Crippen LogP contribution in [0.15, 0.2) is 59.5 Å². The van der Waals surface area contributed by atoms with Crippen LogP contribution in [0.3, 0.4) is 0 Å². The summed E-state index contributed by atoms with van der Waals surface area (Å²) in [6, 6.07) is 16.0. The number of hydrogen-bond donors (Lipinski definition) is 2. The van der Waals surface area contributed by atoms with Gasteiger partial charge in [-0.05, 0) is 29.7 Å². The van der Waals surface area contributed by atoms with Gasteiger partial charge in [0.05, 0.1) is 4.90 Å². The number of nitrogens with one attached hydrogen (secondary N) is 1. The molecule has 0 heterocycles. The fraction of sp³-hybridized carbons (Fsp3) is 0.278. The first-order valence-corrected chi connectivity index (χ1v) is 9.17. The Labute approximate surface area is 142 Å². The second-order valence-corrected chi connectivity index (χ2v) is 7.98. The fourth-order valence-corrected chi connectivity index (χ4v) is 2.92. The molecule has 0 spiro atoms. The van der Waals surface area contributed by atoms with Gasteiger partial charge in [0.2, 0.25) is 15.9 Å². The van der Waals surface area contributed by atoms with Crippen LogP contribution >= 0.6 is 0 Å². The molecule has 3 N–H and O–H groups in total. The Balaban J connectivity index is 1.97. The third kappa shape index (κ3) is 4.91. The van der Waals surface area contributed by atoms with E-state index in [1.54, 1.807) is 12.1 Å². The van der Waals surface area contributed by atoms with Gasteiger partial charge < -0.3 is 5.32 Å². The number of amides is 1. The second-order valence-electron chi connectivity index (χ2n) is 6.42. The Morgan fingerprint density at radius 1 is 1.00 bits per heavy atom. The minimum absolute atomic E-state index is 0.0538. The molecular weight excluding hydrogens is 324 g/mol. The largest absolute Gasteiger partial charge is 0.352 e. The molecule has 1 amide bonds. The predicted octanol–water partition coefficient (Wildman–Crippen LogP) is 2.22. The highest BCUT2D eigenvalue weighted by Gasteiger charge is 2.27. The fourth-order valence-electron chi connectivity index (χ4n) is 2.41. The van der Waals surface area contributed by atoms with Crippen LogP contribution in [0.1, 0.15) is 25.0 Å². The molecule has 6 heteroatoms. The third-order valence-corrected chi connectivity index (χ3v) is 4.74. The monoisotopic (exact) mass is 346 g/mol. The molecule has 0 aliphatic rings. The van der Waals surface area contributed by atoms with Crippen molar-refractivity contribution in [2.75, 3.05) is 0 Å². The molecule has 2 rings (SSSR count). The van der Waals surface area contributed by atoms with Crippen molar-refractivity contribution in [1.29, 1.82) is 0 Å². The van der Waals surface area contributed by atoms with Gasteiger partial charge in [-0.2, -0.15) is 0 Å². The lowest BCUT2D eigenvalue weighted by Gasteiger charge is -2.23. The van der Waals surface area contributed by atoms with E-state index in [4.69, 9.17) is 5.14 Å². The number of carbonyl (C=O) groups is 1. The molecule has 0 atom stereocenters. The van der Waals surface area contributed by atoms with Gasteiger partial charge in [-0.1, -0.05) is 56.3 Å². The molecule has 24 heavy (non-hydrogen) atoms. The summed E-state index contributed by atoms with van der Waals surface area (Å²) in [5, 5.41) is 7.96. The van der Waals surface area contributed by atoms with E-state index in [-0.39, 0.29) is 10.8 Å². The first-order chi connectivity index (χ1) is 11.2. The third-order valence-electron chi connectivity index (χ3n) is 3.81. The first-order valence-electron chi connectivity index (χ1n) is 7.62. The molecule has 0 aliphatic carbocycles. The number of primary sulfonamides is 1. The lowest BCUT2D eigenvalue weighted by atomic mass is 9.85. The summed E-state index contributed by atoms with van der Waals surface area (Å²) in [6.45, 7) is 4.14. The predicted molar refractivity (Wildman–Crippen MR) is 93.6 cm³/mol. The molecule has 2 aromatic carbocycles. The van der Waals surface area contributed by atoms with E-state index in [9.17, 15) is 13.2 Å². The molecule has 2 aromatic rings. The van der Waals surface area contributed by atoms with Gasteiger partial charge in [0.25, 0.3) is 0 Å². The average Bonchev–Trinajstić information content (AvgIpc) is 2.52. The van der Waals surface area contributed by atoms with Crippen LogP contribution in [0, 0.1) is 5.41 Å². The Morgan fingerprint density at radius 3 is 2.12 bits per heavy atom. The van der Waals surface area contributed by atoms with E-state index >= 15 is 0 Å². The van der Waals surface area contributed by atoms with Crippen molar-refractivity contribution in [3.05, 3.63) is 65.7 Å². The molecule has 5 nitrogen and oxygen atoms in total. The Morgan fingerprint density at radius 2 is 1.58 bits per heavy atom. The summed E-state index contributed by atoms with van der Waals surface area (Å²) in [6.07, 6.45) is 0.643. The Hall–Kier alpha value is -2.18. The van der Waals surface area contributed by atoms with Crippen molar-refractivity contribution in [3.63, 3.8) is 0 Å². The lowest BCUT2D eigenvalue weighted by molar-refractivity contribution is -0.129.